The van der Waals surface area contributed by atoms with Crippen LogP contribution < -0.4 is 0 Å². The average Bonchev–Trinajstić information content (AvgIpc) is 3.65. The molecule has 46 heavy (non-hydrogen) atoms. The number of rotatable bonds is 3. The topological polar surface area (TPSA) is 9.86 Å². The highest BCUT2D eigenvalue weighted by Gasteiger charge is 2.21. The Hall–Kier alpha value is -6.12. The van der Waals surface area contributed by atoms with Crippen LogP contribution in [-0.2, 0) is 0 Å². The van der Waals surface area contributed by atoms with Crippen molar-refractivity contribution in [2.24, 2.45) is 0 Å². The van der Waals surface area contributed by atoms with Crippen LogP contribution in [-0.4, -0.2) is 9.13 Å². The Bertz CT molecular complexity index is 2770. The van der Waals surface area contributed by atoms with Gasteiger partial charge in [0.15, 0.2) is 0 Å². The third kappa shape index (κ3) is 3.53. The molecule has 0 bridgehead atoms. The van der Waals surface area contributed by atoms with E-state index in [-0.39, 0.29) is 0 Å². The first kappa shape index (κ1) is 25.2. The number of fused-ring (bicyclic) bond motifs is 10. The summed E-state index contributed by atoms with van der Waals surface area (Å²) in [5, 5.41) is 10.2. The molecule has 0 aliphatic heterocycles. The van der Waals surface area contributed by atoms with Gasteiger partial charge in [-0.1, -0.05) is 127 Å². The molecule has 0 aliphatic carbocycles. The molecular formula is C44H28N2. The molecule has 2 aromatic heterocycles. The lowest BCUT2D eigenvalue weighted by atomic mass is 9.98. The van der Waals surface area contributed by atoms with Gasteiger partial charge in [-0.15, -0.1) is 0 Å². The first-order chi connectivity index (χ1) is 22.8. The largest absolute Gasteiger partial charge is 0.309 e. The van der Waals surface area contributed by atoms with Crippen LogP contribution in [0.5, 0.6) is 0 Å². The first-order valence-corrected chi connectivity index (χ1v) is 15.9. The lowest BCUT2D eigenvalue weighted by molar-refractivity contribution is 1.17. The van der Waals surface area contributed by atoms with Crippen molar-refractivity contribution in [3.63, 3.8) is 0 Å². The quantitative estimate of drug-likeness (QED) is 0.195. The van der Waals surface area contributed by atoms with Gasteiger partial charge >= 0.3 is 0 Å². The van der Waals surface area contributed by atoms with Crippen molar-refractivity contribution in [1.82, 2.24) is 9.13 Å². The van der Waals surface area contributed by atoms with Gasteiger partial charge in [0, 0.05) is 32.9 Å². The van der Waals surface area contributed by atoms with Crippen LogP contribution in [0.1, 0.15) is 0 Å². The molecule has 10 aromatic rings. The number of hydrogen-bond donors (Lipinski definition) is 0. The Morgan fingerprint density at radius 3 is 1.74 bits per heavy atom. The van der Waals surface area contributed by atoms with Gasteiger partial charge in [0.25, 0.3) is 0 Å². The van der Waals surface area contributed by atoms with Crippen LogP contribution in [0.15, 0.2) is 170 Å². The molecule has 2 heterocycles. The van der Waals surface area contributed by atoms with E-state index in [4.69, 9.17) is 0 Å². The van der Waals surface area contributed by atoms with Crippen LogP contribution in [0.4, 0.5) is 0 Å². The monoisotopic (exact) mass is 584 g/mol. The zero-order valence-corrected chi connectivity index (χ0v) is 25.1. The van der Waals surface area contributed by atoms with E-state index in [1.807, 2.05) is 0 Å². The molecule has 214 valence electrons. The van der Waals surface area contributed by atoms with E-state index < -0.39 is 0 Å². The maximum Gasteiger partial charge on any atom is 0.0641 e. The number of nitrogens with zero attached hydrogens (tertiary/aromatic N) is 2. The SMILES string of the molecule is c1ccc(-n2c3ccc4ccccc4c3c3ccc4c(c5ccccc5n4-c4ccc(-c5cccc6ccccc56)cc4)c32)cc1. The third-order valence-corrected chi connectivity index (χ3v) is 9.69. The van der Waals surface area contributed by atoms with E-state index in [2.05, 4.69) is 179 Å². The average molecular weight is 585 g/mol. The van der Waals surface area contributed by atoms with Crippen molar-refractivity contribution in [1.29, 1.82) is 0 Å². The number of para-hydroxylation sites is 2. The molecule has 2 nitrogen and oxygen atoms in total. The van der Waals surface area contributed by atoms with Gasteiger partial charge < -0.3 is 9.13 Å². The van der Waals surface area contributed by atoms with E-state index in [1.165, 1.54) is 82.0 Å². The fraction of sp³-hybridized carbons (Fsp3) is 0. The molecule has 0 aliphatic rings. The zero-order chi connectivity index (χ0) is 30.2. The molecule has 0 spiro atoms. The lowest BCUT2D eigenvalue weighted by Gasteiger charge is -2.11. The van der Waals surface area contributed by atoms with E-state index >= 15 is 0 Å². The van der Waals surface area contributed by atoms with Gasteiger partial charge in [-0.3, -0.25) is 0 Å². The number of benzene rings is 8. The predicted octanol–water partition coefficient (Wildman–Crippen LogP) is 11.9. The van der Waals surface area contributed by atoms with Crippen molar-refractivity contribution in [3.8, 4) is 22.5 Å². The molecule has 0 atom stereocenters. The predicted molar refractivity (Wildman–Crippen MR) is 196 cm³/mol. The summed E-state index contributed by atoms with van der Waals surface area (Å²) >= 11 is 0. The molecule has 0 unspecified atom stereocenters. The van der Waals surface area contributed by atoms with Gasteiger partial charge in [0.1, 0.15) is 0 Å². The second kappa shape index (κ2) is 9.69. The fourth-order valence-electron chi connectivity index (χ4n) is 7.72. The summed E-state index contributed by atoms with van der Waals surface area (Å²) in [6.45, 7) is 0. The second-order valence-corrected chi connectivity index (χ2v) is 12.1. The summed E-state index contributed by atoms with van der Waals surface area (Å²) in [6.07, 6.45) is 0. The minimum Gasteiger partial charge on any atom is -0.309 e. The Morgan fingerprint density at radius 2 is 0.913 bits per heavy atom. The number of hydrogen-bond acceptors (Lipinski definition) is 0. The van der Waals surface area contributed by atoms with Gasteiger partial charge in [-0.25, -0.2) is 0 Å². The number of aromatic nitrogens is 2. The maximum absolute atomic E-state index is 2.47. The second-order valence-electron chi connectivity index (χ2n) is 12.1. The van der Waals surface area contributed by atoms with Crippen LogP contribution in [0.25, 0.3) is 87.7 Å². The molecular weight excluding hydrogens is 556 g/mol. The summed E-state index contributed by atoms with van der Waals surface area (Å²) in [5.41, 5.74) is 9.69. The van der Waals surface area contributed by atoms with Gasteiger partial charge in [-0.05, 0) is 75.1 Å². The van der Waals surface area contributed by atoms with Crippen LogP contribution in [0, 0.1) is 0 Å². The van der Waals surface area contributed by atoms with E-state index in [0.29, 0.717) is 0 Å². The zero-order valence-electron chi connectivity index (χ0n) is 25.1. The Labute approximate surface area is 266 Å². The smallest absolute Gasteiger partial charge is 0.0641 e. The summed E-state index contributed by atoms with van der Waals surface area (Å²) < 4.78 is 4.90. The van der Waals surface area contributed by atoms with E-state index in [0.717, 1.165) is 5.69 Å². The van der Waals surface area contributed by atoms with Crippen LogP contribution >= 0.6 is 0 Å². The van der Waals surface area contributed by atoms with Crippen molar-refractivity contribution in [2.45, 2.75) is 0 Å². The first-order valence-electron chi connectivity index (χ1n) is 15.9. The molecule has 0 amide bonds. The summed E-state index contributed by atoms with van der Waals surface area (Å²) in [4.78, 5) is 0. The highest BCUT2D eigenvalue weighted by Crippen LogP contribution is 2.44. The van der Waals surface area contributed by atoms with Crippen molar-refractivity contribution in [3.05, 3.63) is 170 Å². The molecule has 0 fully saturated rings. The van der Waals surface area contributed by atoms with Crippen molar-refractivity contribution < 1.29 is 0 Å². The molecule has 0 radical (unpaired) electrons. The normalized spacial score (nSPS) is 11.9. The summed E-state index contributed by atoms with van der Waals surface area (Å²) in [6, 6.07) is 61.9. The minimum absolute atomic E-state index is 1.15. The molecule has 0 saturated heterocycles. The molecule has 0 saturated carbocycles. The summed E-state index contributed by atoms with van der Waals surface area (Å²) in [5.74, 6) is 0. The Kier molecular flexibility index (Phi) is 5.31. The molecule has 0 N–H and O–H groups in total. The highest BCUT2D eigenvalue weighted by molar-refractivity contribution is 6.30. The summed E-state index contributed by atoms with van der Waals surface area (Å²) in [7, 11) is 0. The maximum atomic E-state index is 2.47. The molecule has 2 heteroatoms. The fourth-order valence-corrected chi connectivity index (χ4v) is 7.72. The Balaban J connectivity index is 1.29. The minimum atomic E-state index is 1.15. The van der Waals surface area contributed by atoms with Crippen LogP contribution in [0.3, 0.4) is 0 Å². The lowest BCUT2D eigenvalue weighted by Crippen LogP contribution is -1.95. The van der Waals surface area contributed by atoms with Crippen molar-refractivity contribution in [2.75, 3.05) is 0 Å². The van der Waals surface area contributed by atoms with Gasteiger partial charge in [-0.2, -0.15) is 0 Å². The standard InChI is InChI=1S/C44H28N2/c1-2-14-32(15-3-1)46-40-27-23-30-12-5-7-17-36(30)42(40)38-26-28-41-43(44(38)46)37-18-8-9-20-39(37)45(41)33-24-21-31(22-25-33)35-19-10-13-29-11-4-6-16-34(29)35/h1-28H. The van der Waals surface area contributed by atoms with Gasteiger partial charge in [0.2, 0.25) is 0 Å². The third-order valence-electron chi connectivity index (χ3n) is 9.69. The van der Waals surface area contributed by atoms with Gasteiger partial charge in [0.05, 0.1) is 22.1 Å². The van der Waals surface area contributed by atoms with Crippen molar-refractivity contribution >= 4 is 65.2 Å². The molecule has 10 rings (SSSR count). The molecule has 8 aromatic carbocycles. The van der Waals surface area contributed by atoms with E-state index in [1.54, 1.807) is 0 Å². The van der Waals surface area contributed by atoms with E-state index in [9.17, 15) is 0 Å². The highest BCUT2D eigenvalue weighted by atomic mass is 15.0. The van der Waals surface area contributed by atoms with Crippen LogP contribution in [0.2, 0.25) is 0 Å². The Morgan fingerprint density at radius 1 is 0.304 bits per heavy atom.